The summed E-state index contributed by atoms with van der Waals surface area (Å²) in [4.78, 5) is 15.3. The van der Waals surface area contributed by atoms with Crippen LogP contribution >= 0.6 is 0 Å². The summed E-state index contributed by atoms with van der Waals surface area (Å²) in [6, 6.07) is 28.5. The zero-order valence-electron chi connectivity index (χ0n) is 17.2. The number of carbonyl (C=O) groups excluding carboxylic acids is 1. The van der Waals surface area contributed by atoms with Crippen molar-refractivity contribution < 1.29 is 9.53 Å². The number of carbonyl (C=O) groups is 1. The smallest absolute Gasteiger partial charge is 0.251 e. The predicted octanol–water partition coefficient (Wildman–Crippen LogP) is 3.91. The monoisotopic (exact) mass is 400 g/mol. The maximum absolute atomic E-state index is 12.9. The zero-order chi connectivity index (χ0) is 20.6. The summed E-state index contributed by atoms with van der Waals surface area (Å²) in [5, 5.41) is 3.09. The molecule has 0 aliphatic carbocycles. The van der Waals surface area contributed by atoms with Gasteiger partial charge in [-0.05, 0) is 29.2 Å². The van der Waals surface area contributed by atoms with Crippen LogP contribution in [0.4, 0.5) is 0 Å². The van der Waals surface area contributed by atoms with Gasteiger partial charge in [-0.1, -0.05) is 78.9 Å². The molecular formula is C26H28N2O2. The molecule has 1 amide bonds. The van der Waals surface area contributed by atoms with Gasteiger partial charge in [0.25, 0.3) is 5.91 Å². The highest BCUT2D eigenvalue weighted by molar-refractivity contribution is 5.95. The van der Waals surface area contributed by atoms with Crippen LogP contribution in [0.15, 0.2) is 84.9 Å². The highest BCUT2D eigenvalue weighted by Crippen LogP contribution is 2.15. The highest BCUT2D eigenvalue weighted by atomic mass is 16.5. The maximum atomic E-state index is 12.9. The Labute approximate surface area is 178 Å². The minimum absolute atomic E-state index is 0.00713. The van der Waals surface area contributed by atoms with Crippen LogP contribution in [0.2, 0.25) is 0 Å². The summed E-state index contributed by atoms with van der Waals surface area (Å²) in [6.07, 6.45) is 0.752. The van der Waals surface area contributed by atoms with E-state index in [1.807, 2.05) is 48.5 Å². The fraction of sp³-hybridized carbons (Fsp3) is 0.269. The minimum Gasteiger partial charge on any atom is -0.374 e. The van der Waals surface area contributed by atoms with E-state index in [2.05, 4.69) is 46.6 Å². The molecule has 3 aromatic carbocycles. The number of amides is 1. The minimum atomic E-state index is -0.0367. The lowest BCUT2D eigenvalue weighted by atomic mass is 9.99. The molecule has 4 nitrogen and oxygen atoms in total. The van der Waals surface area contributed by atoms with Crippen LogP contribution < -0.4 is 5.32 Å². The summed E-state index contributed by atoms with van der Waals surface area (Å²) < 4.78 is 5.90. The van der Waals surface area contributed by atoms with Crippen molar-refractivity contribution in [2.75, 3.05) is 26.2 Å². The van der Waals surface area contributed by atoms with Crippen molar-refractivity contribution in [3.05, 3.63) is 107 Å². The molecule has 0 aromatic heterocycles. The van der Waals surface area contributed by atoms with E-state index in [-0.39, 0.29) is 12.0 Å². The Hall–Kier alpha value is -2.95. The topological polar surface area (TPSA) is 41.6 Å². The van der Waals surface area contributed by atoms with E-state index in [9.17, 15) is 4.79 Å². The Morgan fingerprint density at radius 2 is 1.57 bits per heavy atom. The molecule has 1 N–H and O–H groups in total. The van der Waals surface area contributed by atoms with E-state index in [0.717, 1.165) is 37.2 Å². The highest BCUT2D eigenvalue weighted by Gasteiger charge is 2.21. The van der Waals surface area contributed by atoms with Gasteiger partial charge in [-0.3, -0.25) is 9.69 Å². The molecule has 4 rings (SSSR count). The fourth-order valence-corrected chi connectivity index (χ4v) is 3.90. The molecular weight excluding hydrogens is 372 g/mol. The summed E-state index contributed by atoms with van der Waals surface area (Å²) in [6.45, 7) is 3.86. The normalized spacial score (nSPS) is 16.9. The molecule has 154 valence electrons. The average molecular weight is 401 g/mol. The Kier molecular flexibility index (Phi) is 6.91. The molecule has 1 atom stereocenters. The first-order valence-corrected chi connectivity index (χ1v) is 10.6. The predicted molar refractivity (Wildman–Crippen MR) is 119 cm³/mol. The molecule has 1 aliphatic rings. The van der Waals surface area contributed by atoms with Crippen LogP contribution in [0.5, 0.6) is 0 Å². The molecule has 30 heavy (non-hydrogen) atoms. The van der Waals surface area contributed by atoms with E-state index >= 15 is 0 Å². The Morgan fingerprint density at radius 3 is 2.33 bits per heavy atom. The van der Waals surface area contributed by atoms with Crippen LogP contribution in [0.1, 0.15) is 27.0 Å². The van der Waals surface area contributed by atoms with Crippen molar-refractivity contribution in [3.63, 3.8) is 0 Å². The van der Waals surface area contributed by atoms with E-state index in [4.69, 9.17) is 4.74 Å². The van der Waals surface area contributed by atoms with E-state index in [0.29, 0.717) is 13.2 Å². The van der Waals surface area contributed by atoms with Crippen LogP contribution in [-0.4, -0.2) is 43.2 Å². The number of nitrogens with zero attached hydrogens (tertiary/aromatic N) is 1. The molecule has 0 radical (unpaired) electrons. The van der Waals surface area contributed by atoms with Gasteiger partial charge in [0.2, 0.25) is 0 Å². The van der Waals surface area contributed by atoms with E-state index < -0.39 is 0 Å². The number of nitrogens with one attached hydrogen (secondary N) is 1. The molecule has 1 saturated heterocycles. The largest absolute Gasteiger partial charge is 0.374 e. The molecule has 1 unspecified atom stereocenters. The van der Waals surface area contributed by atoms with E-state index in [1.54, 1.807) is 0 Å². The Balaban J connectivity index is 1.33. The van der Waals surface area contributed by atoms with Gasteiger partial charge in [-0.2, -0.15) is 0 Å². The average Bonchev–Trinajstić information content (AvgIpc) is 2.79. The second-order valence-electron chi connectivity index (χ2n) is 7.74. The molecule has 0 spiro atoms. The van der Waals surface area contributed by atoms with Crippen LogP contribution in [0.25, 0.3) is 0 Å². The van der Waals surface area contributed by atoms with Crippen LogP contribution in [0, 0.1) is 0 Å². The van der Waals surface area contributed by atoms with E-state index in [1.165, 1.54) is 11.1 Å². The molecule has 0 bridgehead atoms. The third-order valence-corrected chi connectivity index (χ3v) is 5.46. The number of rotatable bonds is 7. The molecule has 3 aromatic rings. The lowest BCUT2D eigenvalue weighted by Crippen LogP contribution is -2.47. The molecule has 1 aliphatic heterocycles. The number of ether oxygens (including phenoxy) is 1. The zero-order valence-corrected chi connectivity index (χ0v) is 17.2. The van der Waals surface area contributed by atoms with Crippen molar-refractivity contribution in [2.45, 2.75) is 19.1 Å². The second kappa shape index (κ2) is 10.2. The molecule has 4 heteroatoms. The van der Waals surface area contributed by atoms with Gasteiger partial charge in [-0.25, -0.2) is 0 Å². The summed E-state index contributed by atoms with van der Waals surface area (Å²) in [7, 11) is 0. The second-order valence-corrected chi connectivity index (χ2v) is 7.74. The number of hydrogen-bond donors (Lipinski definition) is 1. The first kappa shape index (κ1) is 20.3. The Morgan fingerprint density at radius 1 is 0.900 bits per heavy atom. The van der Waals surface area contributed by atoms with Crippen LogP contribution in [-0.2, 0) is 17.7 Å². The van der Waals surface area contributed by atoms with Gasteiger partial charge in [-0.15, -0.1) is 0 Å². The summed E-state index contributed by atoms with van der Waals surface area (Å²) in [5.41, 5.74) is 4.27. The van der Waals surface area contributed by atoms with Crippen molar-refractivity contribution in [1.82, 2.24) is 10.2 Å². The number of hydrogen-bond acceptors (Lipinski definition) is 3. The quantitative estimate of drug-likeness (QED) is 0.654. The van der Waals surface area contributed by atoms with Crippen LogP contribution in [0.3, 0.4) is 0 Å². The number of morpholine rings is 1. The third kappa shape index (κ3) is 5.56. The van der Waals surface area contributed by atoms with Gasteiger partial charge < -0.3 is 10.1 Å². The van der Waals surface area contributed by atoms with Crippen molar-refractivity contribution in [2.24, 2.45) is 0 Å². The molecule has 1 fully saturated rings. The fourth-order valence-electron chi connectivity index (χ4n) is 3.90. The van der Waals surface area contributed by atoms with Gasteiger partial charge in [0.1, 0.15) is 0 Å². The van der Waals surface area contributed by atoms with Gasteiger partial charge in [0.05, 0.1) is 12.7 Å². The van der Waals surface area contributed by atoms with Crippen molar-refractivity contribution in [3.8, 4) is 0 Å². The first-order chi connectivity index (χ1) is 14.8. The first-order valence-electron chi connectivity index (χ1n) is 10.6. The van der Waals surface area contributed by atoms with Crippen molar-refractivity contribution in [1.29, 1.82) is 0 Å². The summed E-state index contributed by atoms with van der Waals surface area (Å²) in [5.74, 6) is -0.0367. The summed E-state index contributed by atoms with van der Waals surface area (Å²) >= 11 is 0. The van der Waals surface area contributed by atoms with Crippen molar-refractivity contribution >= 4 is 5.91 Å². The molecule has 0 saturated carbocycles. The van der Waals surface area contributed by atoms with Gasteiger partial charge in [0.15, 0.2) is 0 Å². The SMILES string of the molecule is O=C(NCC1CN(Cc2ccccc2)CCO1)c1ccccc1Cc1ccccc1. The lowest BCUT2D eigenvalue weighted by Gasteiger charge is -2.33. The molecule has 1 heterocycles. The third-order valence-electron chi connectivity index (χ3n) is 5.46. The maximum Gasteiger partial charge on any atom is 0.251 e. The number of benzene rings is 3. The van der Waals surface area contributed by atoms with Gasteiger partial charge >= 0.3 is 0 Å². The standard InChI is InChI=1S/C26H28N2O2/c29-26(25-14-8-7-13-23(25)17-21-9-3-1-4-10-21)27-18-24-20-28(15-16-30-24)19-22-11-5-2-6-12-22/h1-14,24H,15-20H2,(H,27,29). The van der Waals surface area contributed by atoms with Gasteiger partial charge in [0, 0.05) is 31.7 Å². The Bertz CT molecular complexity index is 944. The lowest BCUT2D eigenvalue weighted by molar-refractivity contribution is -0.0292.